The van der Waals surface area contributed by atoms with Gasteiger partial charge in [0.2, 0.25) is 0 Å². The normalized spacial score (nSPS) is 12.3. The molecule has 4 heteroatoms. The molecule has 23 heavy (non-hydrogen) atoms. The first kappa shape index (κ1) is 13.8. The van der Waals surface area contributed by atoms with Crippen LogP contribution in [0.1, 0.15) is 33.5 Å². The Bertz CT molecular complexity index is 1110. The minimum absolute atomic E-state index is 0.194. The Hall–Kier alpha value is -2.80. The minimum atomic E-state index is -0.194. The van der Waals surface area contributed by atoms with Gasteiger partial charge >= 0.3 is 0 Å². The van der Waals surface area contributed by atoms with Crippen LogP contribution in [0.25, 0.3) is 22.2 Å². The molecular weight excluding hydrogens is 286 g/mol. The lowest BCUT2D eigenvalue weighted by Crippen LogP contribution is -2.22. The summed E-state index contributed by atoms with van der Waals surface area (Å²) in [6.45, 7) is 8.72. The van der Waals surface area contributed by atoms with Crippen LogP contribution in [-0.2, 0) is 6.54 Å². The van der Waals surface area contributed by atoms with Crippen molar-refractivity contribution >= 4 is 10.9 Å². The second-order valence-corrected chi connectivity index (χ2v) is 6.44. The third-order valence-electron chi connectivity index (χ3n) is 5.19. The molecule has 0 saturated carbocycles. The topological polar surface area (TPSA) is 61.6 Å². The van der Waals surface area contributed by atoms with E-state index in [4.69, 9.17) is 0 Å². The number of rotatable bonds is 0. The van der Waals surface area contributed by atoms with Gasteiger partial charge in [0.25, 0.3) is 5.56 Å². The largest absolute Gasteiger partial charge is 0.356 e. The van der Waals surface area contributed by atoms with Crippen molar-refractivity contribution in [1.29, 1.82) is 5.26 Å². The number of aromatic amines is 1. The smallest absolute Gasteiger partial charge is 0.269 e. The Kier molecular flexibility index (Phi) is 2.62. The highest BCUT2D eigenvalue weighted by molar-refractivity contribution is 6.00. The van der Waals surface area contributed by atoms with Crippen molar-refractivity contribution in [1.82, 2.24) is 9.55 Å². The van der Waals surface area contributed by atoms with E-state index in [1.165, 1.54) is 16.7 Å². The zero-order valence-electron chi connectivity index (χ0n) is 13.7. The van der Waals surface area contributed by atoms with Crippen LogP contribution in [0.3, 0.4) is 0 Å². The SMILES string of the molecule is Cc1cc2c3c([nH]c2c(C)c1C)Cn1c-3cc(C)c(C#N)c1=O. The molecule has 0 aliphatic carbocycles. The van der Waals surface area contributed by atoms with Crippen molar-refractivity contribution in [2.24, 2.45) is 0 Å². The summed E-state index contributed by atoms with van der Waals surface area (Å²) in [5.41, 5.74) is 8.82. The van der Waals surface area contributed by atoms with E-state index in [1.807, 2.05) is 19.1 Å². The van der Waals surface area contributed by atoms with Crippen molar-refractivity contribution in [3.8, 4) is 17.3 Å². The van der Waals surface area contributed by atoms with Crippen LogP contribution in [-0.4, -0.2) is 9.55 Å². The Morgan fingerprint density at radius 2 is 1.87 bits per heavy atom. The highest BCUT2D eigenvalue weighted by atomic mass is 16.1. The molecule has 0 bridgehead atoms. The van der Waals surface area contributed by atoms with E-state index >= 15 is 0 Å². The highest BCUT2D eigenvalue weighted by Crippen LogP contribution is 2.39. The summed E-state index contributed by atoms with van der Waals surface area (Å²) in [7, 11) is 0. The van der Waals surface area contributed by atoms with Gasteiger partial charge in [0, 0.05) is 22.2 Å². The van der Waals surface area contributed by atoms with Crippen LogP contribution >= 0.6 is 0 Å². The molecule has 1 N–H and O–H groups in total. The van der Waals surface area contributed by atoms with Gasteiger partial charge in [-0.3, -0.25) is 4.79 Å². The molecule has 2 aromatic heterocycles. The summed E-state index contributed by atoms with van der Waals surface area (Å²) in [6.07, 6.45) is 0. The molecule has 0 amide bonds. The third-order valence-corrected chi connectivity index (χ3v) is 5.19. The number of aryl methyl sites for hydroxylation is 3. The molecule has 114 valence electrons. The lowest BCUT2D eigenvalue weighted by Gasteiger charge is -2.10. The quantitative estimate of drug-likeness (QED) is 0.541. The first-order valence-electron chi connectivity index (χ1n) is 7.70. The number of aromatic nitrogens is 2. The van der Waals surface area contributed by atoms with Crippen LogP contribution in [0.4, 0.5) is 0 Å². The fourth-order valence-corrected chi connectivity index (χ4v) is 3.65. The molecule has 0 saturated heterocycles. The van der Waals surface area contributed by atoms with Gasteiger partial charge in [-0.25, -0.2) is 0 Å². The summed E-state index contributed by atoms with van der Waals surface area (Å²) in [5.74, 6) is 0. The summed E-state index contributed by atoms with van der Waals surface area (Å²) in [5, 5.41) is 10.4. The second-order valence-electron chi connectivity index (χ2n) is 6.44. The fourth-order valence-electron chi connectivity index (χ4n) is 3.65. The molecule has 4 rings (SSSR count). The second kappa shape index (κ2) is 4.36. The van der Waals surface area contributed by atoms with E-state index in [2.05, 4.69) is 31.8 Å². The van der Waals surface area contributed by atoms with Crippen molar-refractivity contribution < 1.29 is 0 Å². The third kappa shape index (κ3) is 1.62. The molecule has 3 aromatic rings. The van der Waals surface area contributed by atoms with Crippen molar-refractivity contribution in [2.75, 3.05) is 0 Å². The molecule has 4 nitrogen and oxygen atoms in total. The number of hydrogen-bond donors (Lipinski definition) is 1. The summed E-state index contributed by atoms with van der Waals surface area (Å²) in [6, 6.07) is 6.19. The van der Waals surface area contributed by atoms with Crippen molar-refractivity contribution in [2.45, 2.75) is 34.2 Å². The molecule has 3 heterocycles. The zero-order valence-corrected chi connectivity index (χ0v) is 13.7. The van der Waals surface area contributed by atoms with E-state index in [0.717, 1.165) is 33.4 Å². The van der Waals surface area contributed by atoms with Crippen LogP contribution in [0.2, 0.25) is 0 Å². The number of H-pyrrole nitrogens is 1. The number of hydrogen-bond acceptors (Lipinski definition) is 2. The minimum Gasteiger partial charge on any atom is -0.356 e. The van der Waals surface area contributed by atoms with Gasteiger partial charge in [-0.2, -0.15) is 5.26 Å². The lowest BCUT2D eigenvalue weighted by molar-refractivity contribution is 0.783. The first-order chi connectivity index (χ1) is 10.9. The Labute approximate surface area is 134 Å². The molecule has 1 aliphatic heterocycles. The number of nitrogens with zero attached hydrogens (tertiary/aromatic N) is 2. The number of benzene rings is 1. The van der Waals surface area contributed by atoms with Gasteiger partial charge < -0.3 is 9.55 Å². The van der Waals surface area contributed by atoms with Gasteiger partial charge in [0.05, 0.1) is 12.2 Å². The number of fused-ring (bicyclic) bond motifs is 5. The van der Waals surface area contributed by atoms with Crippen LogP contribution in [0, 0.1) is 39.0 Å². The molecule has 1 aliphatic rings. The monoisotopic (exact) mass is 303 g/mol. The van der Waals surface area contributed by atoms with Crippen molar-refractivity contribution in [3.05, 3.63) is 56.0 Å². The Morgan fingerprint density at radius 3 is 2.57 bits per heavy atom. The van der Waals surface area contributed by atoms with E-state index in [-0.39, 0.29) is 11.1 Å². The molecule has 0 atom stereocenters. The van der Waals surface area contributed by atoms with Gasteiger partial charge in [0.1, 0.15) is 11.6 Å². The average Bonchev–Trinajstić information content (AvgIpc) is 3.03. The molecule has 0 fully saturated rings. The highest BCUT2D eigenvalue weighted by Gasteiger charge is 2.27. The van der Waals surface area contributed by atoms with E-state index in [1.54, 1.807) is 4.57 Å². The molecule has 0 unspecified atom stereocenters. The maximum absolute atomic E-state index is 12.5. The zero-order chi connectivity index (χ0) is 16.5. The summed E-state index contributed by atoms with van der Waals surface area (Å²) in [4.78, 5) is 16.0. The average molecular weight is 303 g/mol. The maximum atomic E-state index is 12.5. The van der Waals surface area contributed by atoms with Gasteiger partial charge in [-0.1, -0.05) is 0 Å². The molecular formula is C19H17N3O. The predicted octanol–water partition coefficient (Wildman–Crippen LogP) is 3.46. The fraction of sp³-hybridized carbons (Fsp3) is 0.263. The Morgan fingerprint density at radius 1 is 1.13 bits per heavy atom. The van der Waals surface area contributed by atoms with Crippen molar-refractivity contribution in [3.63, 3.8) is 0 Å². The number of nitriles is 1. The van der Waals surface area contributed by atoms with Crippen LogP contribution < -0.4 is 5.56 Å². The molecule has 0 radical (unpaired) electrons. The van der Waals surface area contributed by atoms with Gasteiger partial charge in [0.15, 0.2) is 0 Å². The standard InChI is InChI=1S/C19H17N3O/c1-9-5-13-17-15(21-18(13)12(4)11(9)3)8-22-16(17)6-10(2)14(7-20)19(22)23/h5-6,21H,8H2,1-4H3. The molecule has 1 aromatic carbocycles. The van der Waals surface area contributed by atoms with Crippen LogP contribution in [0.15, 0.2) is 16.9 Å². The van der Waals surface area contributed by atoms with Crippen LogP contribution in [0.5, 0.6) is 0 Å². The molecule has 0 spiro atoms. The van der Waals surface area contributed by atoms with Gasteiger partial charge in [-0.15, -0.1) is 0 Å². The van der Waals surface area contributed by atoms with E-state index in [0.29, 0.717) is 6.54 Å². The summed E-state index contributed by atoms with van der Waals surface area (Å²) >= 11 is 0. The Balaban J connectivity index is 2.13. The summed E-state index contributed by atoms with van der Waals surface area (Å²) < 4.78 is 1.71. The van der Waals surface area contributed by atoms with E-state index < -0.39 is 0 Å². The van der Waals surface area contributed by atoms with Gasteiger partial charge in [-0.05, 0) is 62.1 Å². The number of nitrogens with one attached hydrogen (secondary N) is 1. The number of pyridine rings is 1. The predicted molar refractivity (Wildman–Crippen MR) is 90.8 cm³/mol. The first-order valence-corrected chi connectivity index (χ1v) is 7.70. The van der Waals surface area contributed by atoms with E-state index in [9.17, 15) is 10.1 Å². The maximum Gasteiger partial charge on any atom is 0.269 e. The lowest BCUT2D eigenvalue weighted by atomic mass is 9.98.